The van der Waals surface area contributed by atoms with Crippen molar-refractivity contribution in [1.29, 1.82) is 0 Å². The number of hydrogen-bond donors (Lipinski definition) is 0. The Bertz CT molecular complexity index is 692. The number of benzene rings is 1. The smallest absolute Gasteiger partial charge is 0.330 e. The van der Waals surface area contributed by atoms with Gasteiger partial charge in [-0.05, 0) is 12.1 Å². The fourth-order valence-electron chi connectivity index (χ4n) is 2.20. The van der Waals surface area contributed by atoms with E-state index < -0.39 is 16.0 Å². The molecule has 0 unspecified atom stereocenters. The van der Waals surface area contributed by atoms with Gasteiger partial charge in [-0.25, -0.2) is 13.2 Å². The minimum Gasteiger partial charge on any atom is -0.466 e. The maximum atomic E-state index is 12.5. The van der Waals surface area contributed by atoms with Crippen molar-refractivity contribution in [3.05, 3.63) is 42.5 Å². The molecule has 0 N–H and O–H groups in total. The van der Waals surface area contributed by atoms with Gasteiger partial charge in [-0.3, -0.25) is 4.79 Å². The van der Waals surface area contributed by atoms with Crippen LogP contribution in [0.3, 0.4) is 0 Å². The number of methoxy groups -OCH3 is 1. The van der Waals surface area contributed by atoms with Crippen molar-refractivity contribution in [2.75, 3.05) is 33.3 Å². The lowest BCUT2D eigenvalue weighted by Crippen LogP contribution is -2.50. The number of esters is 1. The van der Waals surface area contributed by atoms with Crippen LogP contribution in [0.25, 0.3) is 0 Å². The topological polar surface area (TPSA) is 84.0 Å². The Kier molecular flexibility index (Phi) is 5.51. The van der Waals surface area contributed by atoms with Crippen LogP contribution in [0, 0.1) is 0 Å². The number of hydrogen-bond acceptors (Lipinski definition) is 5. The van der Waals surface area contributed by atoms with Gasteiger partial charge in [-0.15, -0.1) is 0 Å². The number of carbonyl (C=O) groups is 2. The van der Waals surface area contributed by atoms with Crippen molar-refractivity contribution in [2.24, 2.45) is 0 Å². The summed E-state index contributed by atoms with van der Waals surface area (Å²) in [6, 6.07) is 8.19. The number of nitrogens with zero attached hydrogens (tertiary/aromatic N) is 2. The quantitative estimate of drug-likeness (QED) is 0.580. The van der Waals surface area contributed by atoms with E-state index in [1.54, 1.807) is 30.3 Å². The molecule has 0 aromatic heterocycles. The van der Waals surface area contributed by atoms with E-state index in [1.807, 2.05) is 0 Å². The molecule has 0 radical (unpaired) electrons. The number of ether oxygens (including phenoxy) is 1. The summed E-state index contributed by atoms with van der Waals surface area (Å²) in [7, 11) is -2.31. The summed E-state index contributed by atoms with van der Waals surface area (Å²) >= 11 is 0. The molecule has 124 valence electrons. The monoisotopic (exact) mass is 338 g/mol. The molecule has 1 fully saturated rings. The highest BCUT2D eigenvalue weighted by molar-refractivity contribution is 7.89. The summed E-state index contributed by atoms with van der Waals surface area (Å²) in [6.07, 6.45) is 2.18. The Morgan fingerprint density at radius 2 is 1.65 bits per heavy atom. The second kappa shape index (κ2) is 7.38. The predicted octanol–water partition coefficient (Wildman–Crippen LogP) is 0.249. The van der Waals surface area contributed by atoms with Gasteiger partial charge < -0.3 is 9.64 Å². The summed E-state index contributed by atoms with van der Waals surface area (Å²) in [6.45, 7) is 0.983. The molecule has 0 saturated carbocycles. The highest BCUT2D eigenvalue weighted by Crippen LogP contribution is 2.17. The van der Waals surface area contributed by atoms with E-state index >= 15 is 0 Å². The molecule has 1 amide bonds. The zero-order chi connectivity index (χ0) is 16.9. The molecule has 0 aliphatic carbocycles. The van der Waals surface area contributed by atoms with Crippen LogP contribution in [-0.4, -0.2) is 62.8 Å². The maximum Gasteiger partial charge on any atom is 0.330 e. The Morgan fingerprint density at radius 1 is 1.04 bits per heavy atom. The molecule has 0 bridgehead atoms. The Morgan fingerprint density at radius 3 is 2.22 bits per heavy atom. The molecular formula is C15H18N2O5S. The third kappa shape index (κ3) is 4.17. The number of rotatable bonds is 4. The molecule has 1 saturated heterocycles. The molecule has 1 heterocycles. The van der Waals surface area contributed by atoms with Crippen molar-refractivity contribution in [1.82, 2.24) is 9.21 Å². The van der Waals surface area contributed by atoms with Crippen LogP contribution in [0.2, 0.25) is 0 Å². The normalized spacial score (nSPS) is 16.5. The predicted molar refractivity (Wildman–Crippen MR) is 82.9 cm³/mol. The van der Waals surface area contributed by atoms with Gasteiger partial charge in [0.25, 0.3) is 0 Å². The lowest BCUT2D eigenvalue weighted by Gasteiger charge is -2.33. The Hall–Kier alpha value is -2.19. The number of sulfonamides is 1. The average Bonchev–Trinajstić information content (AvgIpc) is 2.60. The van der Waals surface area contributed by atoms with Crippen molar-refractivity contribution in [3.8, 4) is 0 Å². The molecule has 7 nitrogen and oxygen atoms in total. The van der Waals surface area contributed by atoms with Crippen molar-refractivity contribution >= 4 is 21.9 Å². The minimum absolute atomic E-state index is 0.217. The van der Waals surface area contributed by atoms with Crippen molar-refractivity contribution in [2.45, 2.75) is 4.90 Å². The summed E-state index contributed by atoms with van der Waals surface area (Å²) in [5, 5.41) is 0. The first kappa shape index (κ1) is 17.2. The molecule has 23 heavy (non-hydrogen) atoms. The van der Waals surface area contributed by atoms with Gasteiger partial charge in [0.1, 0.15) is 0 Å². The van der Waals surface area contributed by atoms with Gasteiger partial charge in [0.15, 0.2) is 0 Å². The fourth-order valence-corrected chi connectivity index (χ4v) is 3.65. The molecule has 8 heteroatoms. The largest absolute Gasteiger partial charge is 0.466 e. The molecule has 1 aromatic rings. The molecule has 2 rings (SSSR count). The molecule has 1 aliphatic heterocycles. The van der Waals surface area contributed by atoms with Crippen molar-refractivity contribution < 1.29 is 22.7 Å². The molecule has 1 aromatic carbocycles. The van der Waals surface area contributed by atoms with Gasteiger partial charge in [-0.2, -0.15) is 4.31 Å². The summed E-state index contributed by atoms with van der Waals surface area (Å²) < 4.78 is 30.7. The maximum absolute atomic E-state index is 12.5. The zero-order valence-electron chi connectivity index (χ0n) is 12.7. The number of carbonyl (C=O) groups excluding carboxylic acids is 2. The van der Waals surface area contributed by atoms with Crippen LogP contribution in [0.4, 0.5) is 0 Å². The third-order valence-corrected chi connectivity index (χ3v) is 5.41. The van der Waals surface area contributed by atoms with Crippen LogP contribution >= 0.6 is 0 Å². The average molecular weight is 338 g/mol. The minimum atomic E-state index is -3.54. The van der Waals surface area contributed by atoms with Gasteiger partial charge in [-0.1, -0.05) is 18.2 Å². The van der Waals surface area contributed by atoms with Crippen LogP contribution in [0.5, 0.6) is 0 Å². The lowest BCUT2D eigenvalue weighted by atomic mass is 10.3. The van der Waals surface area contributed by atoms with E-state index in [4.69, 9.17) is 0 Å². The van der Waals surface area contributed by atoms with Crippen molar-refractivity contribution in [3.63, 3.8) is 0 Å². The zero-order valence-corrected chi connectivity index (χ0v) is 13.5. The summed E-state index contributed by atoms with van der Waals surface area (Å²) in [4.78, 5) is 24.6. The van der Waals surface area contributed by atoms with E-state index in [1.165, 1.54) is 16.3 Å². The van der Waals surface area contributed by atoms with E-state index in [9.17, 15) is 18.0 Å². The number of piperazine rings is 1. The van der Waals surface area contributed by atoms with Gasteiger partial charge in [0.2, 0.25) is 15.9 Å². The van der Waals surface area contributed by atoms with Crippen LogP contribution < -0.4 is 0 Å². The van der Waals surface area contributed by atoms with Crippen LogP contribution in [-0.2, 0) is 24.3 Å². The fraction of sp³-hybridized carbons (Fsp3) is 0.333. The summed E-state index contributed by atoms with van der Waals surface area (Å²) in [5.41, 5.74) is 0. The first-order valence-electron chi connectivity index (χ1n) is 7.05. The molecule has 0 atom stereocenters. The first-order chi connectivity index (χ1) is 10.9. The Balaban J connectivity index is 1.97. The van der Waals surface area contributed by atoms with Gasteiger partial charge in [0.05, 0.1) is 12.0 Å². The second-order valence-electron chi connectivity index (χ2n) is 4.90. The van der Waals surface area contributed by atoms with Gasteiger partial charge in [0, 0.05) is 38.3 Å². The highest BCUT2D eigenvalue weighted by atomic mass is 32.2. The standard InChI is InChI=1S/C15H18N2O5S/c1-22-15(19)8-7-14(18)16-9-11-17(12-10-16)23(20,21)13-5-3-2-4-6-13/h2-8H,9-12H2,1H3/b8-7+. The molecule has 0 spiro atoms. The van der Waals surface area contributed by atoms with Crippen LogP contribution in [0.15, 0.2) is 47.4 Å². The molecule has 1 aliphatic rings. The van der Waals surface area contributed by atoms with Crippen LogP contribution in [0.1, 0.15) is 0 Å². The highest BCUT2D eigenvalue weighted by Gasteiger charge is 2.29. The van der Waals surface area contributed by atoms with Gasteiger partial charge >= 0.3 is 5.97 Å². The third-order valence-electron chi connectivity index (χ3n) is 3.49. The van der Waals surface area contributed by atoms with E-state index in [-0.39, 0.29) is 37.0 Å². The SMILES string of the molecule is COC(=O)/C=C/C(=O)N1CCN(S(=O)(=O)c2ccccc2)CC1. The number of amides is 1. The summed E-state index contributed by atoms with van der Waals surface area (Å²) in [5.74, 6) is -0.948. The Labute approximate surface area is 135 Å². The second-order valence-corrected chi connectivity index (χ2v) is 6.84. The van der Waals surface area contributed by atoms with E-state index in [0.717, 1.165) is 12.2 Å². The first-order valence-corrected chi connectivity index (χ1v) is 8.49. The lowest BCUT2D eigenvalue weighted by molar-refractivity contribution is -0.135. The molecular weight excluding hydrogens is 320 g/mol. The van der Waals surface area contributed by atoms with E-state index in [0.29, 0.717) is 0 Å². The van der Waals surface area contributed by atoms with E-state index in [2.05, 4.69) is 4.74 Å².